The van der Waals surface area contributed by atoms with E-state index in [0.29, 0.717) is 0 Å². The highest BCUT2D eigenvalue weighted by Crippen LogP contribution is 2.10. The van der Waals surface area contributed by atoms with Gasteiger partial charge in [-0.2, -0.15) is 16.9 Å². The van der Waals surface area contributed by atoms with Crippen LogP contribution in [0.15, 0.2) is 22.6 Å². The maximum Gasteiger partial charge on any atom is 0.0642 e. The smallest absolute Gasteiger partial charge is 0.0642 e. The zero-order valence-corrected chi connectivity index (χ0v) is 8.98. The summed E-state index contributed by atoms with van der Waals surface area (Å²) < 4.78 is 0. The van der Waals surface area contributed by atoms with Gasteiger partial charge in [0.05, 0.1) is 6.21 Å². The summed E-state index contributed by atoms with van der Waals surface area (Å²) in [5.41, 5.74) is 0. The molecule has 0 bridgehead atoms. The molecule has 2 heterocycles. The van der Waals surface area contributed by atoms with Crippen molar-refractivity contribution in [1.82, 2.24) is 5.01 Å². The number of nitrogens with zero attached hydrogens (tertiary/aromatic N) is 2. The second-order valence-corrected chi connectivity index (χ2v) is 5.03. The molecule has 0 saturated carbocycles. The van der Waals surface area contributed by atoms with Crippen LogP contribution in [0.4, 0.5) is 0 Å². The van der Waals surface area contributed by atoms with E-state index in [1.54, 1.807) is 11.3 Å². The first-order valence-electron chi connectivity index (χ1n) is 4.35. The van der Waals surface area contributed by atoms with Crippen molar-refractivity contribution >= 4 is 29.3 Å². The van der Waals surface area contributed by atoms with E-state index in [1.165, 1.54) is 16.4 Å². The van der Waals surface area contributed by atoms with Gasteiger partial charge in [0.25, 0.3) is 0 Å². The molecule has 1 saturated heterocycles. The van der Waals surface area contributed by atoms with Crippen molar-refractivity contribution in [2.45, 2.75) is 0 Å². The van der Waals surface area contributed by atoms with Gasteiger partial charge in [-0.05, 0) is 11.4 Å². The molecule has 0 radical (unpaired) electrons. The van der Waals surface area contributed by atoms with E-state index < -0.39 is 0 Å². The number of hydrogen-bond acceptors (Lipinski definition) is 4. The van der Waals surface area contributed by atoms with Gasteiger partial charge < -0.3 is 0 Å². The Morgan fingerprint density at radius 3 is 2.92 bits per heavy atom. The lowest BCUT2D eigenvalue weighted by atomic mass is 10.5. The lowest BCUT2D eigenvalue weighted by Crippen LogP contribution is -2.27. The molecule has 13 heavy (non-hydrogen) atoms. The molecule has 2 rings (SSSR count). The molecule has 1 aliphatic heterocycles. The average molecular weight is 212 g/mol. The second kappa shape index (κ2) is 4.67. The summed E-state index contributed by atoms with van der Waals surface area (Å²) >= 11 is 3.74. The first-order chi connectivity index (χ1) is 6.45. The standard InChI is InChI=1S/C9H12N2S2/c1-2-9(13-5-1)8-10-11-3-6-12-7-4-11/h1-2,5,8H,3-4,6-7H2. The normalized spacial score (nSPS) is 18.3. The molecule has 1 aromatic rings. The summed E-state index contributed by atoms with van der Waals surface area (Å²) in [6.45, 7) is 2.18. The van der Waals surface area contributed by atoms with E-state index in [0.717, 1.165) is 13.1 Å². The van der Waals surface area contributed by atoms with E-state index in [2.05, 4.69) is 27.6 Å². The van der Waals surface area contributed by atoms with Crippen LogP contribution >= 0.6 is 23.1 Å². The molecule has 70 valence electrons. The van der Waals surface area contributed by atoms with Gasteiger partial charge in [-0.15, -0.1) is 11.3 Å². The van der Waals surface area contributed by atoms with Gasteiger partial charge in [0, 0.05) is 29.5 Å². The zero-order valence-electron chi connectivity index (χ0n) is 7.35. The number of rotatable bonds is 2. The van der Waals surface area contributed by atoms with Crippen LogP contribution in [0.1, 0.15) is 4.88 Å². The first-order valence-corrected chi connectivity index (χ1v) is 6.39. The number of hydrazone groups is 1. The highest BCUT2D eigenvalue weighted by molar-refractivity contribution is 7.99. The predicted molar refractivity (Wildman–Crippen MR) is 60.8 cm³/mol. The van der Waals surface area contributed by atoms with Crippen LogP contribution in [0.25, 0.3) is 0 Å². The molecule has 0 aliphatic carbocycles. The molecule has 1 fully saturated rings. The molecule has 0 spiro atoms. The zero-order chi connectivity index (χ0) is 8.93. The van der Waals surface area contributed by atoms with Gasteiger partial charge in [0.2, 0.25) is 0 Å². The van der Waals surface area contributed by atoms with Crippen molar-refractivity contribution in [2.75, 3.05) is 24.6 Å². The van der Waals surface area contributed by atoms with Crippen molar-refractivity contribution in [1.29, 1.82) is 0 Å². The lowest BCUT2D eigenvalue weighted by Gasteiger charge is -2.22. The maximum atomic E-state index is 4.43. The van der Waals surface area contributed by atoms with Crippen molar-refractivity contribution in [2.24, 2.45) is 5.10 Å². The van der Waals surface area contributed by atoms with Crippen LogP contribution < -0.4 is 0 Å². The predicted octanol–water partition coefficient (Wildman–Crippen LogP) is 2.13. The Morgan fingerprint density at radius 2 is 2.23 bits per heavy atom. The van der Waals surface area contributed by atoms with E-state index >= 15 is 0 Å². The molecule has 1 aromatic heterocycles. The van der Waals surface area contributed by atoms with E-state index in [4.69, 9.17) is 0 Å². The largest absolute Gasteiger partial charge is 0.295 e. The molecule has 0 atom stereocenters. The van der Waals surface area contributed by atoms with Gasteiger partial charge in [0.1, 0.15) is 0 Å². The molecular formula is C9H12N2S2. The molecular weight excluding hydrogens is 200 g/mol. The Bertz CT molecular complexity index is 263. The topological polar surface area (TPSA) is 15.6 Å². The highest BCUT2D eigenvalue weighted by atomic mass is 32.2. The Kier molecular flexibility index (Phi) is 3.27. The first kappa shape index (κ1) is 9.09. The fraction of sp³-hybridized carbons (Fsp3) is 0.444. The third-order valence-electron chi connectivity index (χ3n) is 1.88. The van der Waals surface area contributed by atoms with Crippen LogP contribution in [0, 0.1) is 0 Å². The summed E-state index contributed by atoms with van der Waals surface area (Å²) in [6, 6.07) is 4.14. The van der Waals surface area contributed by atoms with Crippen molar-refractivity contribution < 1.29 is 0 Å². The SMILES string of the molecule is C(=NN1CCSCC1)c1cccs1. The Labute approximate surface area is 86.6 Å². The fourth-order valence-corrected chi connectivity index (χ4v) is 2.64. The molecule has 2 nitrogen and oxygen atoms in total. The van der Waals surface area contributed by atoms with Crippen molar-refractivity contribution in [3.8, 4) is 0 Å². The van der Waals surface area contributed by atoms with Crippen LogP contribution in [-0.2, 0) is 0 Å². The van der Waals surface area contributed by atoms with Gasteiger partial charge in [-0.25, -0.2) is 0 Å². The van der Waals surface area contributed by atoms with Gasteiger partial charge >= 0.3 is 0 Å². The Hall–Kier alpha value is -0.480. The summed E-state index contributed by atoms with van der Waals surface area (Å²) in [5, 5.41) is 8.66. The Morgan fingerprint density at radius 1 is 1.38 bits per heavy atom. The number of thiophene rings is 1. The minimum Gasteiger partial charge on any atom is -0.295 e. The van der Waals surface area contributed by atoms with Gasteiger partial charge in [-0.1, -0.05) is 6.07 Å². The maximum absolute atomic E-state index is 4.43. The monoisotopic (exact) mass is 212 g/mol. The van der Waals surface area contributed by atoms with Crippen LogP contribution in [0.2, 0.25) is 0 Å². The summed E-state index contributed by atoms with van der Waals surface area (Å²) in [6.07, 6.45) is 1.96. The second-order valence-electron chi connectivity index (χ2n) is 2.83. The van der Waals surface area contributed by atoms with Gasteiger partial charge in [-0.3, -0.25) is 5.01 Å². The van der Waals surface area contributed by atoms with Crippen molar-refractivity contribution in [3.05, 3.63) is 22.4 Å². The third-order valence-corrected chi connectivity index (χ3v) is 3.63. The quantitative estimate of drug-likeness (QED) is 0.698. The van der Waals surface area contributed by atoms with Crippen LogP contribution in [0.5, 0.6) is 0 Å². The van der Waals surface area contributed by atoms with Crippen LogP contribution in [-0.4, -0.2) is 35.8 Å². The van der Waals surface area contributed by atoms with Crippen molar-refractivity contribution in [3.63, 3.8) is 0 Å². The third kappa shape index (κ3) is 2.74. The van der Waals surface area contributed by atoms with E-state index in [1.807, 2.05) is 18.0 Å². The van der Waals surface area contributed by atoms with Gasteiger partial charge in [0.15, 0.2) is 0 Å². The molecule has 1 aliphatic rings. The van der Waals surface area contributed by atoms with E-state index in [9.17, 15) is 0 Å². The molecule has 0 aromatic carbocycles. The molecule has 4 heteroatoms. The molecule has 0 N–H and O–H groups in total. The highest BCUT2D eigenvalue weighted by Gasteiger charge is 2.06. The fourth-order valence-electron chi connectivity index (χ4n) is 1.17. The molecule has 0 amide bonds. The lowest BCUT2D eigenvalue weighted by molar-refractivity contribution is 0.322. The number of thioether (sulfide) groups is 1. The summed E-state index contributed by atoms with van der Waals surface area (Å²) in [5.74, 6) is 2.42. The minimum absolute atomic E-state index is 1.09. The summed E-state index contributed by atoms with van der Waals surface area (Å²) in [7, 11) is 0. The number of hydrogen-bond donors (Lipinski definition) is 0. The minimum atomic E-state index is 1.09. The average Bonchev–Trinajstić information content (AvgIpc) is 2.69. The summed E-state index contributed by atoms with van der Waals surface area (Å²) in [4.78, 5) is 1.23. The molecule has 0 unspecified atom stereocenters. The Balaban J connectivity index is 1.89. The van der Waals surface area contributed by atoms with E-state index in [-0.39, 0.29) is 0 Å². The van der Waals surface area contributed by atoms with Crippen LogP contribution in [0.3, 0.4) is 0 Å².